The highest BCUT2D eigenvalue weighted by molar-refractivity contribution is 6.30. The molecule has 2 rings (SSSR count). The molecule has 0 aliphatic carbocycles. The highest BCUT2D eigenvalue weighted by atomic mass is 35.5. The van der Waals surface area contributed by atoms with Gasteiger partial charge in [0.2, 0.25) is 0 Å². The Morgan fingerprint density at radius 2 is 2.38 bits per heavy atom. The Hall–Kier alpha value is -0.530. The van der Waals surface area contributed by atoms with Crippen molar-refractivity contribution < 1.29 is 0 Å². The molecule has 0 fully saturated rings. The third kappa shape index (κ3) is 1.72. The summed E-state index contributed by atoms with van der Waals surface area (Å²) in [7, 11) is 0. The molecule has 0 amide bonds. The maximum absolute atomic E-state index is 5.98. The molecule has 1 aliphatic heterocycles. The van der Waals surface area contributed by atoms with E-state index >= 15 is 0 Å². The number of hydrogen-bond acceptors (Lipinski definition) is 1. The van der Waals surface area contributed by atoms with Crippen molar-refractivity contribution in [3.8, 4) is 0 Å². The molecule has 2 heteroatoms. The van der Waals surface area contributed by atoms with Gasteiger partial charge in [0.05, 0.1) is 0 Å². The van der Waals surface area contributed by atoms with Crippen molar-refractivity contribution in [3.63, 3.8) is 0 Å². The van der Waals surface area contributed by atoms with Crippen molar-refractivity contribution in [3.05, 3.63) is 34.3 Å². The Bertz CT molecular complexity index is 309. The number of fused-ring (bicyclic) bond motifs is 1. The first-order valence-corrected chi connectivity index (χ1v) is 5.18. The maximum atomic E-state index is 5.98. The second-order valence-electron chi connectivity index (χ2n) is 3.58. The maximum Gasteiger partial charge on any atom is 0.0409 e. The van der Waals surface area contributed by atoms with Gasteiger partial charge in [0.15, 0.2) is 0 Å². The third-order valence-electron chi connectivity index (χ3n) is 2.75. The molecular weight excluding hydrogens is 182 g/mol. The molecule has 1 aliphatic rings. The summed E-state index contributed by atoms with van der Waals surface area (Å²) < 4.78 is 0. The molecule has 0 spiro atoms. The summed E-state index contributed by atoms with van der Waals surface area (Å²) in [6.07, 6.45) is 1.18. The molecule has 1 N–H and O–H groups in total. The number of nitrogens with one attached hydrogen (secondary N) is 1. The van der Waals surface area contributed by atoms with Gasteiger partial charge in [-0.3, -0.25) is 0 Å². The Morgan fingerprint density at radius 1 is 1.54 bits per heavy atom. The van der Waals surface area contributed by atoms with Crippen LogP contribution >= 0.6 is 11.6 Å². The van der Waals surface area contributed by atoms with Gasteiger partial charge in [0.25, 0.3) is 0 Å². The zero-order valence-corrected chi connectivity index (χ0v) is 8.56. The van der Waals surface area contributed by atoms with E-state index in [0.29, 0.717) is 5.92 Å². The lowest BCUT2D eigenvalue weighted by Gasteiger charge is -2.25. The highest BCUT2D eigenvalue weighted by Gasteiger charge is 2.17. The molecule has 1 heterocycles. The van der Waals surface area contributed by atoms with Crippen LogP contribution in [-0.4, -0.2) is 6.54 Å². The van der Waals surface area contributed by atoms with Crippen molar-refractivity contribution in [1.29, 1.82) is 0 Å². The largest absolute Gasteiger partial charge is 0.312 e. The minimum atomic E-state index is 0.641. The minimum absolute atomic E-state index is 0.641. The van der Waals surface area contributed by atoms with Crippen LogP contribution in [0, 0.1) is 0 Å². The molecule has 0 saturated carbocycles. The van der Waals surface area contributed by atoms with Crippen molar-refractivity contribution in [2.24, 2.45) is 0 Å². The van der Waals surface area contributed by atoms with Gasteiger partial charge in [-0.1, -0.05) is 24.6 Å². The lowest BCUT2D eigenvalue weighted by Crippen LogP contribution is -2.27. The van der Waals surface area contributed by atoms with Crippen molar-refractivity contribution >= 4 is 11.6 Å². The van der Waals surface area contributed by atoms with Crippen LogP contribution in [0.2, 0.25) is 5.02 Å². The van der Waals surface area contributed by atoms with E-state index in [4.69, 9.17) is 11.6 Å². The van der Waals surface area contributed by atoms with Crippen LogP contribution < -0.4 is 5.32 Å². The van der Waals surface area contributed by atoms with Crippen molar-refractivity contribution in [2.75, 3.05) is 6.54 Å². The van der Waals surface area contributed by atoms with Crippen LogP contribution in [0.5, 0.6) is 0 Å². The van der Waals surface area contributed by atoms with Gasteiger partial charge in [-0.05, 0) is 35.6 Å². The van der Waals surface area contributed by atoms with Crippen molar-refractivity contribution in [2.45, 2.75) is 25.8 Å². The topological polar surface area (TPSA) is 12.0 Å². The van der Waals surface area contributed by atoms with E-state index < -0.39 is 0 Å². The monoisotopic (exact) mass is 195 g/mol. The molecule has 0 bridgehead atoms. The summed E-state index contributed by atoms with van der Waals surface area (Å²) in [5, 5.41) is 4.28. The SMILES string of the molecule is CC[C@H]1CNCc2ccc(Cl)cc21. The zero-order valence-electron chi connectivity index (χ0n) is 7.81. The van der Waals surface area contributed by atoms with E-state index in [2.05, 4.69) is 24.4 Å². The van der Waals surface area contributed by atoms with Gasteiger partial charge < -0.3 is 5.32 Å². The first-order valence-electron chi connectivity index (χ1n) is 4.80. The fourth-order valence-corrected chi connectivity index (χ4v) is 2.14. The number of rotatable bonds is 1. The molecule has 0 saturated heterocycles. The Morgan fingerprint density at radius 3 is 3.15 bits per heavy atom. The van der Waals surface area contributed by atoms with Gasteiger partial charge in [0.1, 0.15) is 0 Å². The highest BCUT2D eigenvalue weighted by Crippen LogP contribution is 2.28. The van der Waals surface area contributed by atoms with E-state index in [-0.39, 0.29) is 0 Å². The lowest BCUT2D eigenvalue weighted by molar-refractivity contribution is 0.530. The summed E-state index contributed by atoms with van der Waals surface area (Å²) >= 11 is 5.98. The molecule has 1 aromatic carbocycles. The first-order chi connectivity index (χ1) is 6.31. The third-order valence-corrected chi connectivity index (χ3v) is 2.98. The number of hydrogen-bond donors (Lipinski definition) is 1. The molecule has 1 aromatic rings. The van der Waals surface area contributed by atoms with E-state index in [0.717, 1.165) is 18.1 Å². The normalized spacial score (nSPS) is 21.2. The smallest absolute Gasteiger partial charge is 0.0409 e. The van der Waals surface area contributed by atoms with Crippen LogP contribution in [0.15, 0.2) is 18.2 Å². The van der Waals surface area contributed by atoms with Crippen LogP contribution in [0.3, 0.4) is 0 Å². The van der Waals surface area contributed by atoms with Gasteiger partial charge in [-0.15, -0.1) is 0 Å². The van der Waals surface area contributed by atoms with Crippen LogP contribution in [0.1, 0.15) is 30.4 Å². The van der Waals surface area contributed by atoms with E-state index in [1.165, 1.54) is 17.5 Å². The number of halogens is 1. The number of benzene rings is 1. The molecular formula is C11H14ClN. The standard InChI is InChI=1S/C11H14ClN/c1-2-8-6-13-7-9-3-4-10(12)5-11(8)9/h3-5,8,13H,2,6-7H2,1H3/t8-/m0/s1. The second kappa shape index (κ2) is 3.69. The Kier molecular flexibility index (Phi) is 2.56. The minimum Gasteiger partial charge on any atom is -0.312 e. The Labute approximate surface area is 84.1 Å². The van der Waals surface area contributed by atoms with Gasteiger partial charge in [-0.2, -0.15) is 0 Å². The quantitative estimate of drug-likeness (QED) is 0.727. The molecule has 13 heavy (non-hydrogen) atoms. The average molecular weight is 196 g/mol. The predicted molar refractivity (Wildman–Crippen MR) is 56.2 cm³/mol. The van der Waals surface area contributed by atoms with E-state index in [1.54, 1.807) is 0 Å². The molecule has 0 aromatic heterocycles. The lowest BCUT2D eigenvalue weighted by atomic mass is 9.89. The zero-order chi connectivity index (χ0) is 9.26. The molecule has 1 nitrogen and oxygen atoms in total. The average Bonchev–Trinajstić information content (AvgIpc) is 2.17. The summed E-state index contributed by atoms with van der Waals surface area (Å²) in [5.74, 6) is 0.641. The first kappa shape index (κ1) is 9.04. The van der Waals surface area contributed by atoms with E-state index in [1.807, 2.05) is 6.07 Å². The van der Waals surface area contributed by atoms with Crippen molar-refractivity contribution in [1.82, 2.24) is 5.32 Å². The van der Waals surface area contributed by atoms with Gasteiger partial charge in [-0.25, -0.2) is 0 Å². The van der Waals surface area contributed by atoms with Crippen LogP contribution in [0.25, 0.3) is 0 Å². The molecule has 1 atom stereocenters. The fourth-order valence-electron chi connectivity index (χ4n) is 1.96. The van der Waals surface area contributed by atoms with Gasteiger partial charge in [0, 0.05) is 18.1 Å². The Balaban J connectivity index is 2.41. The van der Waals surface area contributed by atoms with Crippen LogP contribution in [-0.2, 0) is 6.54 Å². The summed E-state index contributed by atoms with van der Waals surface area (Å²) in [6, 6.07) is 6.22. The van der Waals surface area contributed by atoms with Gasteiger partial charge >= 0.3 is 0 Å². The van der Waals surface area contributed by atoms with Crippen LogP contribution in [0.4, 0.5) is 0 Å². The second-order valence-corrected chi connectivity index (χ2v) is 4.02. The predicted octanol–water partition coefficient (Wildman–Crippen LogP) is 2.94. The van der Waals surface area contributed by atoms with E-state index in [9.17, 15) is 0 Å². The summed E-state index contributed by atoms with van der Waals surface area (Å²) in [5.41, 5.74) is 2.84. The molecule has 70 valence electrons. The molecule has 0 unspecified atom stereocenters. The molecule has 0 radical (unpaired) electrons. The fraction of sp³-hybridized carbons (Fsp3) is 0.455. The summed E-state index contributed by atoms with van der Waals surface area (Å²) in [4.78, 5) is 0. The summed E-state index contributed by atoms with van der Waals surface area (Å²) in [6.45, 7) is 4.30.